The Morgan fingerprint density at radius 3 is 2.66 bits per heavy atom. The number of benzene rings is 1. The predicted octanol–water partition coefficient (Wildman–Crippen LogP) is 3.07. The normalized spacial score (nSPS) is 15.6. The Bertz CT molecular complexity index is 646. The number of nitrogens with one attached hydrogen (secondary N) is 3. The van der Waals surface area contributed by atoms with Gasteiger partial charge < -0.3 is 25.6 Å². The van der Waals surface area contributed by atoms with Crippen LogP contribution in [0.25, 0.3) is 0 Å². The van der Waals surface area contributed by atoms with E-state index in [2.05, 4.69) is 46.6 Å². The van der Waals surface area contributed by atoms with Crippen LogP contribution in [0.15, 0.2) is 29.3 Å². The smallest absolute Gasteiger partial charge is 0.221 e. The monoisotopic (exact) mass is 517 g/mol. The first-order chi connectivity index (χ1) is 13.5. The fraction of sp³-hybridized carbons (Fsp3) is 0.619. The lowest BCUT2D eigenvalue weighted by molar-refractivity contribution is -0.114. The first-order valence-electron chi connectivity index (χ1n) is 10.3. The second-order valence-corrected chi connectivity index (χ2v) is 7.37. The van der Waals surface area contributed by atoms with E-state index in [1.54, 1.807) is 0 Å². The zero-order valence-corrected chi connectivity index (χ0v) is 20.4. The van der Waals surface area contributed by atoms with E-state index in [9.17, 15) is 4.79 Å². The summed E-state index contributed by atoms with van der Waals surface area (Å²) in [5.74, 6) is 1.48. The number of amides is 1. The molecular weight excluding hydrogens is 481 g/mol. The molecule has 1 saturated heterocycles. The number of likely N-dealkylation sites (tertiary alicyclic amines) is 1. The second-order valence-electron chi connectivity index (χ2n) is 7.37. The predicted molar refractivity (Wildman–Crippen MR) is 131 cm³/mol. The van der Waals surface area contributed by atoms with Gasteiger partial charge in [0.25, 0.3) is 0 Å². The number of guanidine groups is 1. The van der Waals surface area contributed by atoms with E-state index in [1.807, 2.05) is 24.3 Å². The van der Waals surface area contributed by atoms with E-state index in [4.69, 9.17) is 4.74 Å². The Hall–Kier alpha value is -1.55. The lowest BCUT2D eigenvalue weighted by Gasteiger charge is -2.35. The molecule has 1 aromatic carbocycles. The molecule has 2 rings (SSSR count). The third-order valence-electron chi connectivity index (χ3n) is 4.73. The molecule has 0 saturated carbocycles. The van der Waals surface area contributed by atoms with Crippen molar-refractivity contribution in [1.82, 2.24) is 15.5 Å². The Morgan fingerprint density at radius 1 is 1.31 bits per heavy atom. The van der Waals surface area contributed by atoms with E-state index in [1.165, 1.54) is 6.92 Å². The molecule has 8 heteroatoms. The highest BCUT2D eigenvalue weighted by molar-refractivity contribution is 14.0. The molecule has 0 unspecified atom stereocenters. The van der Waals surface area contributed by atoms with E-state index in [-0.39, 0.29) is 29.9 Å². The van der Waals surface area contributed by atoms with Crippen LogP contribution < -0.4 is 20.7 Å². The fourth-order valence-corrected chi connectivity index (χ4v) is 3.26. The number of nitrogens with zero attached hydrogens (tertiary/aromatic N) is 2. The number of carbonyl (C=O) groups excluding carboxylic acids is 1. The maximum Gasteiger partial charge on any atom is 0.221 e. The number of carbonyl (C=O) groups is 1. The number of anilines is 1. The summed E-state index contributed by atoms with van der Waals surface area (Å²) >= 11 is 0. The molecule has 0 spiro atoms. The fourth-order valence-electron chi connectivity index (χ4n) is 3.26. The summed E-state index contributed by atoms with van der Waals surface area (Å²) in [7, 11) is 0. The number of hydrogen-bond donors (Lipinski definition) is 3. The molecule has 0 atom stereocenters. The Labute approximate surface area is 192 Å². The third kappa shape index (κ3) is 9.66. The van der Waals surface area contributed by atoms with Gasteiger partial charge in [-0.1, -0.05) is 6.07 Å². The van der Waals surface area contributed by atoms with Crippen LogP contribution in [0.3, 0.4) is 0 Å². The first-order valence-corrected chi connectivity index (χ1v) is 10.3. The lowest BCUT2D eigenvalue weighted by atomic mass is 10.0. The van der Waals surface area contributed by atoms with Crippen molar-refractivity contribution in [2.45, 2.75) is 52.6 Å². The SMILES string of the molecule is CCNC(=NCCOc1cccc(NC(C)=O)c1)NC1CCN(C(C)C)CC1.I. The molecule has 0 aromatic heterocycles. The van der Waals surface area contributed by atoms with E-state index < -0.39 is 0 Å². The van der Waals surface area contributed by atoms with Crippen molar-refractivity contribution in [2.75, 3.05) is 38.1 Å². The van der Waals surface area contributed by atoms with Gasteiger partial charge in [-0.15, -0.1) is 24.0 Å². The summed E-state index contributed by atoms with van der Waals surface area (Å²) in [6, 6.07) is 8.47. The summed E-state index contributed by atoms with van der Waals surface area (Å²) < 4.78 is 5.77. The van der Waals surface area contributed by atoms with Crippen LogP contribution in [0.1, 0.15) is 40.5 Å². The molecule has 1 heterocycles. The average Bonchev–Trinajstić information content (AvgIpc) is 2.65. The molecular formula is C21H36IN5O2. The molecule has 164 valence electrons. The number of halogens is 1. The summed E-state index contributed by atoms with van der Waals surface area (Å²) in [4.78, 5) is 18.3. The van der Waals surface area contributed by atoms with Gasteiger partial charge in [0.15, 0.2) is 5.96 Å². The Balaban J connectivity index is 0.00000420. The molecule has 1 fully saturated rings. The molecule has 0 bridgehead atoms. The largest absolute Gasteiger partial charge is 0.492 e. The summed E-state index contributed by atoms with van der Waals surface area (Å²) in [5, 5.41) is 9.63. The zero-order valence-electron chi connectivity index (χ0n) is 18.0. The quantitative estimate of drug-likeness (QED) is 0.214. The number of rotatable bonds is 8. The van der Waals surface area contributed by atoms with Gasteiger partial charge >= 0.3 is 0 Å². The highest BCUT2D eigenvalue weighted by Crippen LogP contribution is 2.17. The number of aliphatic imine (C=N–C) groups is 1. The van der Waals surface area contributed by atoms with Crippen LogP contribution in [-0.4, -0.2) is 61.6 Å². The van der Waals surface area contributed by atoms with Gasteiger partial charge in [0, 0.05) is 50.4 Å². The first kappa shape index (κ1) is 25.5. The van der Waals surface area contributed by atoms with E-state index >= 15 is 0 Å². The van der Waals surface area contributed by atoms with Gasteiger partial charge in [-0.2, -0.15) is 0 Å². The molecule has 1 aliphatic heterocycles. The molecule has 29 heavy (non-hydrogen) atoms. The summed E-state index contributed by atoms with van der Waals surface area (Å²) in [5.41, 5.74) is 0.733. The standard InChI is InChI=1S/C21H35N5O2.HI/c1-5-22-21(25-18-9-12-26(13-10-18)16(2)3)23-11-14-28-20-8-6-7-19(15-20)24-17(4)27;/h6-8,15-16,18H,5,9-14H2,1-4H3,(H,24,27)(H2,22,23,25);1H. The van der Waals surface area contributed by atoms with Crippen molar-refractivity contribution in [2.24, 2.45) is 4.99 Å². The van der Waals surface area contributed by atoms with Gasteiger partial charge in [-0.25, -0.2) is 4.99 Å². The van der Waals surface area contributed by atoms with Gasteiger partial charge in [0.05, 0.1) is 6.54 Å². The molecule has 1 amide bonds. The van der Waals surface area contributed by atoms with Gasteiger partial charge in [-0.3, -0.25) is 4.79 Å². The summed E-state index contributed by atoms with van der Waals surface area (Å²) in [6.45, 7) is 12.2. The van der Waals surface area contributed by atoms with Crippen LogP contribution in [-0.2, 0) is 4.79 Å². The minimum atomic E-state index is -0.0951. The molecule has 1 aromatic rings. The third-order valence-corrected chi connectivity index (χ3v) is 4.73. The van der Waals surface area contributed by atoms with Gasteiger partial charge in [0.1, 0.15) is 12.4 Å². The van der Waals surface area contributed by atoms with Crippen molar-refractivity contribution < 1.29 is 9.53 Å². The van der Waals surface area contributed by atoms with E-state index in [0.717, 1.165) is 49.9 Å². The Kier molecular flexibility index (Phi) is 12.0. The molecule has 0 radical (unpaired) electrons. The van der Waals surface area contributed by atoms with Gasteiger partial charge in [-0.05, 0) is 45.7 Å². The molecule has 3 N–H and O–H groups in total. The number of ether oxygens (including phenoxy) is 1. The molecule has 7 nitrogen and oxygen atoms in total. The van der Waals surface area contributed by atoms with Crippen LogP contribution >= 0.6 is 24.0 Å². The highest BCUT2D eigenvalue weighted by Gasteiger charge is 2.21. The molecule has 1 aliphatic rings. The van der Waals surface area contributed by atoms with Crippen LogP contribution in [0.5, 0.6) is 5.75 Å². The average molecular weight is 517 g/mol. The van der Waals surface area contributed by atoms with Gasteiger partial charge in [0.2, 0.25) is 5.91 Å². The van der Waals surface area contributed by atoms with Crippen molar-refractivity contribution in [3.05, 3.63) is 24.3 Å². The second kappa shape index (κ2) is 13.6. The zero-order chi connectivity index (χ0) is 20.4. The number of hydrogen-bond acceptors (Lipinski definition) is 4. The van der Waals surface area contributed by atoms with Crippen molar-refractivity contribution in [3.63, 3.8) is 0 Å². The summed E-state index contributed by atoms with van der Waals surface area (Å²) in [6.07, 6.45) is 2.27. The minimum absolute atomic E-state index is 0. The lowest BCUT2D eigenvalue weighted by Crippen LogP contribution is -2.50. The maximum absolute atomic E-state index is 11.1. The van der Waals surface area contributed by atoms with Crippen molar-refractivity contribution in [1.29, 1.82) is 0 Å². The van der Waals surface area contributed by atoms with Crippen LogP contribution in [0.2, 0.25) is 0 Å². The minimum Gasteiger partial charge on any atom is -0.492 e. The topological polar surface area (TPSA) is 78.0 Å². The van der Waals surface area contributed by atoms with Crippen LogP contribution in [0, 0.1) is 0 Å². The van der Waals surface area contributed by atoms with E-state index in [0.29, 0.717) is 25.2 Å². The van der Waals surface area contributed by atoms with Crippen molar-refractivity contribution >= 4 is 41.5 Å². The maximum atomic E-state index is 11.1. The molecule has 0 aliphatic carbocycles. The van der Waals surface area contributed by atoms with Crippen molar-refractivity contribution in [3.8, 4) is 5.75 Å². The van der Waals surface area contributed by atoms with Crippen LogP contribution in [0.4, 0.5) is 5.69 Å². The highest BCUT2D eigenvalue weighted by atomic mass is 127. The number of piperidine rings is 1. The Morgan fingerprint density at radius 2 is 2.03 bits per heavy atom.